The van der Waals surface area contributed by atoms with E-state index in [9.17, 15) is 4.39 Å². The second-order valence-electron chi connectivity index (χ2n) is 12.6. The van der Waals surface area contributed by atoms with Crippen molar-refractivity contribution in [2.75, 3.05) is 38.0 Å². The first kappa shape index (κ1) is 35.4. The van der Waals surface area contributed by atoms with Crippen LogP contribution >= 0.6 is 0 Å². The highest BCUT2D eigenvalue weighted by molar-refractivity contribution is 5.72. The Morgan fingerprint density at radius 2 is 1.61 bits per heavy atom. The molecule has 0 aromatic heterocycles. The molecule has 0 amide bonds. The summed E-state index contributed by atoms with van der Waals surface area (Å²) in [5.74, 6) is -1.51. The fourth-order valence-corrected chi connectivity index (χ4v) is 5.80. The number of benzene rings is 3. The second kappa shape index (κ2) is 16.3. The number of rotatable bonds is 16. The van der Waals surface area contributed by atoms with Gasteiger partial charge in [0.15, 0.2) is 0 Å². The number of hydrogen-bond acceptors (Lipinski definition) is 3. The maximum Gasteiger partial charge on any atom is 0.130 e. The van der Waals surface area contributed by atoms with Crippen LogP contribution in [0.15, 0.2) is 60.2 Å². The van der Waals surface area contributed by atoms with Crippen LogP contribution in [0, 0.1) is 25.5 Å². The normalized spacial score (nSPS) is 13.3. The van der Waals surface area contributed by atoms with Crippen molar-refractivity contribution >= 4 is 11.3 Å². The average Bonchev–Trinajstić information content (AvgIpc) is 2.96. The van der Waals surface area contributed by atoms with Crippen molar-refractivity contribution in [2.45, 2.75) is 86.4 Å². The Balaban J connectivity index is 1.77. The predicted molar refractivity (Wildman–Crippen MR) is 181 cm³/mol. The van der Waals surface area contributed by atoms with Crippen molar-refractivity contribution in [3.63, 3.8) is 0 Å². The van der Waals surface area contributed by atoms with E-state index in [4.69, 9.17) is 0 Å². The van der Waals surface area contributed by atoms with E-state index < -0.39 is 23.2 Å². The molecule has 0 aliphatic heterocycles. The highest BCUT2D eigenvalue weighted by Gasteiger charge is 2.23. The fraction of sp³-hybridized carbons (Fsp3) is 0.474. The van der Waals surface area contributed by atoms with Gasteiger partial charge in [-0.25, -0.2) is 13.2 Å². The minimum Gasteiger partial charge on any atom is -0.384 e. The van der Waals surface area contributed by atoms with Crippen LogP contribution in [-0.2, 0) is 13.0 Å². The Bertz CT molecular complexity index is 1380. The highest BCUT2D eigenvalue weighted by atomic mass is 19.1. The van der Waals surface area contributed by atoms with Crippen LogP contribution in [0.25, 0.3) is 5.57 Å². The summed E-state index contributed by atoms with van der Waals surface area (Å²) in [6.45, 7) is 18.8. The second-order valence-corrected chi connectivity index (χ2v) is 12.6. The van der Waals surface area contributed by atoms with Crippen molar-refractivity contribution in [2.24, 2.45) is 0 Å². The van der Waals surface area contributed by atoms with Gasteiger partial charge >= 0.3 is 0 Å². The highest BCUT2D eigenvalue weighted by Crippen LogP contribution is 2.36. The molecule has 3 aromatic carbocycles. The average molecular weight is 608 g/mol. The molecule has 0 spiro atoms. The third-order valence-electron chi connectivity index (χ3n) is 8.61. The van der Waals surface area contributed by atoms with E-state index in [1.807, 2.05) is 45.0 Å². The van der Waals surface area contributed by atoms with E-state index in [-0.39, 0.29) is 12.1 Å². The quantitative estimate of drug-likeness (QED) is 0.159. The molecule has 0 bridgehead atoms. The summed E-state index contributed by atoms with van der Waals surface area (Å²) >= 11 is 0. The first-order valence-electron chi connectivity index (χ1n) is 16.0. The van der Waals surface area contributed by atoms with Gasteiger partial charge in [0.25, 0.3) is 0 Å². The molecule has 1 atom stereocenters. The van der Waals surface area contributed by atoms with Gasteiger partial charge in [0, 0.05) is 43.3 Å². The molecule has 0 aliphatic rings. The van der Waals surface area contributed by atoms with Crippen LogP contribution < -0.4 is 10.6 Å². The lowest BCUT2D eigenvalue weighted by atomic mass is 9.84. The molecular weight excluding hydrogens is 555 g/mol. The summed E-state index contributed by atoms with van der Waals surface area (Å²) in [5.41, 5.74) is 7.21. The Kier molecular flexibility index (Phi) is 13.1. The number of nitrogens with one attached hydrogen (secondary N) is 2. The van der Waals surface area contributed by atoms with Gasteiger partial charge in [0.2, 0.25) is 0 Å². The molecule has 3 nitrogen and oxygen atoms in total. The van der Waals surface area contributed by atoms with Crippen LogP contribution in [0.3, 0.4) is 0 Å². The van der Waals surface area contributed by atoms with E-state index in [2.05, 4.69) is 54.5 Å². The molecule has 6 heteroatoms. The molecule has 3 aromatic rings. The zero-order valence-corrected chi connectivity index (χ0v) is 28.0. The van der Waals surface area contributed by atoms with Crippen molar-refractivity contribution in [1.29, 1.82) is 0 Å². The van der Waals surface area contributed by atoms with Gasteiger partial charge in [-0.1, -0.05) is 56.7 Å². The van der Waals surface area contributed by atoms with Crippen molar-refractivity contribution in [3.8, 4) is 0 Å². The van der Waals surface area contributed by atoms with Crippen LogP contribution in [0.2, 0.25) is 0 Å². The van der Waals surface area contributed by atoms with Gasteiger partial charge in [-0.15, -0.1) is 0 Å². The first-order chi connectivity index (χ1) is 20.8. The number of hydrogen-bond donors (Lipinski definition) is 2. The van der Waals surface area contributed by atoms with Gasteiger partial charge in [0.05, 0.1) is 0 Å². The Hall–Kier alpha value is -3.09. The van der Waals surface area contributed by atoms with Crippen LogP contribution in [0.4, 0.5) is 18.9 Å². The predicted octanol–water partition coefficient (Wildman–Crippen LogP) is 9.38. The van der Waals surface area contributed by atoms with Crippen molar-refractivity contribution in [3.05, 3.63) is 105 Å². The third-order valence-corrected chi connectivity index (χ3v) is 8.61. The summed E-state index contributed by atoms with van der Waals surface area (Å²) in [4.78, 5) is 2.19. The van der Waals surface area contributed by atoms with Crippen LogP contribution in [-0.4, -0.2) is 43.3 Å². The van der Waals surface area contributed by atoms with Crippen molar-refractivity contribution in [1.82, 2.24) is 10.2 Å². The van der Waals surface area contributed by atoms with E-state index in [1.54, 1.807) is 13.8 Å². The Morgan fingerprint density at radius 3 is 2.23 bits per heavy atom. The van der Waals surface area contributed by atoms with Gasteiger partial charge in [0.1, 0.15) is 17.3 Å². The summed E-state index contributed by atoms with van der Waals surface area (Å²) in [5, 5.41) is 6.69. The fourth-order valence-electron chi connectivity index (χ4n) is 5.80. The molecule has 0 fully saturated rings. The minimum absolute atomic E-state index is 0.0889. The topological polar surface area (TPSA) is 27.3 Å². The molecule has 3 rings (SSSR count). The lowest BCUT2D eigenvalue weighted by Gasteiger charge is -2.24. The largest absolute Gasteiger partial charge is 0.384 e. The van der Waals surface area contributed by atoms with Crippen molar-refractivity contribution < 1.29 is 13.2 Å². The number of anilines is 1. The number of likely N-dealkylation sites (N-methyl/N-ethyl adjacent to an activating group) is 1. The molecule has 0 radical (unpaired) electrons. The zero-order valence-electron chi connectivity index (χ0n) is 28.0. The third kappa shape index (κ3) is 9.97. The number of aryl methyl sites for hydroxylation is 3. The summed E-state index contributed by atoms with van der Waals surface area (Å²) < 4.78 is 45.4. The number of nitrogens with zero attached hydrogens (tertiary/aromatic N) is 1. The standard InChI is InChI=1S/C38H52F3N3/c1-9-31-23-32(16-15-26(31)3)43-19-20-44(10-2)24-30-21-35(39)37(36(40)22-30)29(6)28(5)34(17-18-42-25-38(7,8)41)33-14-12-11-13-27(33)4/h11-16,21-23,29,42-43H,9-10,17-20,24-25H2,1-8H3/b34-28+. The monoisotopic (exact) mass is 607 g/mol. The van der Waals surface area contributed by atoms with Gasteiger partial charge in [-0.05, 0) is 118 Å². The van der Waals surface area contributed by atoms with E-state index >= 15 is 8.78 Å². The summed E-state index contributed by atoms with van der Waals surface area (Å²) in [7, 11) is 0. The molecule has 44 heavy (non-hydrogen) atoms. The van der Waals surface area contributed by atoms with Gasteiger partial charge in [-0.3, -0.25) is 4.90 Å². The SMILES string of the molecule is CCc1cc(NCCN(CC)Cc2cc(F)c(C(C)/C(C)=C(\CCNCC(C)(C)F)c3ccccc3C)c(F)c2)ccc1C. The minimum atomic E-state index is -1.31. The Morgan fingerprint density at radius 1 is 0.932 bits per heavy atom. The molecule has 240 valence electrons. The lowest BCUT2D eigenvalue weighted by Crippen LogP contribution is -2.31. The van der Waals surface area contributed by atoms with Gasteiger partial charge in [-0.2, -0.15) is 0 Å². The molecule has 2 N–H and O–H groups in total. The maximum absolute atomic E-state index is 15.7. The van der Waals surface area contributed by atoms with Crippen LogP contribution in [0.5, 0.6) is 0 Å². The van der Waals surface area contributed by atoms with E-state index in [0.717, 1.165) is 54.0 Å². The first-order valence-corrected chi connectivity index (χ1v) is 16.0. The molecule has 0 heterocycles. The summed E-state index contributed by atoms with van der Waals surface area (Å²) in [6, 6.07) is 17.5. The number of alkyl halides is 1. The Labute approximate surface area is 264 Å². The molecule has 0 saturated carbocycles. The summed E-state index contributed by atoms with van der Waals surface area (Å²) in [6.07, 6.45) is 1.62. The van der Waals surface area contributed by atoms with E-state index in [0.29, 0.717) is 25.1 Å². The molecule has 0 aliphatic carbocycles. The van der Waals surface area contributed by atoms with Crippen LogP contribution in [0.1, 0.15) is 87.3 Å². The number of halogens is 3. The zero-order chi connectivity index (χ0) is 32.4. The molecule has 1 unspecified atom stereocenters. The van der Waals surface area contributed by atoms with E-state index in [1.165, 1.54) is 23.3 Å². The molecule has 0 saturated heterocycles. The lowest BCUT2D eigenvalue weighted by molar-refractivity contribution is 0.211. The maximum atomic E-state index is 15.7. The number of allylic oxidation sites excluding steroid dienone is 1. The molecular formula is C38H52F3N3. The smallest absolute Gasteiger partial charge is 0.130 e. The van der Waals surface area contributed by atoms with Gasteiger partial charge < -0.3 is 10.6 Å².